The van der Waals surface area contributed by atoms with E-state index in [0.717, 1.165) is 6.42 Å². The number of hydrogen-bond acceptors (Lipinski definition) is 4. The van der Waals surface area contributed by atoms with Crippen molar-refractivity contribution in [3.63, 3.8) is 0 Å². The van der Waals surface area contributed by atoms with Crippen LogP contribution in [-0.4, -0.2) is 22.2 Å². The number of rotatable bonds is 2. The molecule has 0 spiro atoms. The molecule has 2 aromatic rings. The van der Waals surface area contributed by atoms with Gasteiger partial charge in [0.15, 0.2) is 0 Å². The van der Waals surface area contributed by atoms with Crippen molar-refractivity contribution in [2.45, 2.75) is 43.4 Å². The number of halogens is 3. The fourth-order valence-electron chi connectivity index (χ4n) is 3.17. The van der Waals surface area contributed by atoms with Crippen LogP contribution in [0.4, 0.5) is 13.2 Å². The van der Waals surface area contributed by atoms with Crippen LogP contribution in [0.5, 0.6) is 0 Å². The number of aromatic nitrogens is 2. The van der Waals surface area contributed by atoms with Gasteiger partial charge in [-0.15, -0.1) is 0 Å². The van der Waals surface area contributed by atoms with Crippen molar-refractivity contribution in [3.8, 4) is 0 Å². The highest BCUT2D eigenvalue weighted by Gasteiger charge is 2.38. The van der Waals surface area contributed by atoms with Gasteiger partial charge in [-0.05, 0) is 37.0 Å². The fraction of sp³-hybridized carbons (Fsp3) is 0.467. The molecule has 0 saturated heterocycles. The van der Waals surface area contributed by atoms with E-state index in [2.05, 4.69) is 9.97 Å². The number of nitrogens with two attached hydrogens (primary N) is 2. The SMILES string of the molecule is NC1CCC(N)(c2ncnc3ccc(CC(F)(F)F)cc23)C1. The van der Waals surface area contributed by atoms with Crippen LogP contribution in [0.1, 0.15) is 30.5 Å². The van der Waals surface area contributed by atoms with Crippen molar-refractivity contribution in [1.29, 1.82) is 0 Å². The number of hydrogen-bond donors (Lipinski definition) is 2. The lowest BCUT2D eigenvalue weighted by atomic mass is 9.90. The summed E-state index contributed by atoms with van der Waals surface area (Å²) >= 11 is 0. The van der Waals surface area contributed by atoms with Crippen LogP contribution in [0.3, 0.4) is 0 Å². The molecule has 1 saturated carbocycles. The Morgan fingerprint density at radius 3 is 2.68 bits per heavy atom. The van der Waals surface area contributed by atoms with Crippen molar-refractivity contribution < 1.29 is 13.2 Å². The van der Waals surface area contributed by atoms with Gasteiger partial charge in [-0.25, -0.2) is 9.97 Å². The first-order chi connectivity index (χ1) is 10.3. The molecule has 22 heavy (non-hydrogen) atoms. The summed E-state index contributed by atoms with van der Waals surface area (Å²) in [5.74, 6) is 0. The van der Waals surface area contributed by atoms with Crippen LogP contribution >= 0.6 is 0 Å². The molecule has 0 radical (unpaired) electrons. The van der Waals surface area contributed by atoms with Gasteiger partial charge >= 0.3 is 6.18 Å². The first-order valence-corrected chi connectivity index (χ1v) is 7.12. The zero-order chi connectivity index (χ0) is 16.0. The molecule has 0 amide bonds. The largest absolute Gasteiger partial charge is 0.393 e. The van der Waals surface area contributed by atoms with Crippen LogP contribution in [0.2, 0.25) is 0 Å². The Morgan fingerprint density at radius 1 is 1.27 bits per heavy atom. The monoisotopic (exact) mass is 310 g/mol. The van der Waals surface area contributed by atoms with Crippen molar-refractivity contribution in [3.05, 3.63) is 35.8 Å². The van der Waals surface area contributed by atoms with Crippen LogP contribution in [-0.2, 0) is 12.0 Å². The molecular formula is C15H17F3N4. The molecule has 1 fully saturated rings. The average molecular weight is 310 g/mol. The summed E-state index contributed by atoms with van der Waals surface area (Å²) in [4.78, 5) is 8.38. The summed E-state index contributed by atoms with van der Waals surface area (Å²) < 4.78 is 37.8. The summed E-state index contributed by atoms with van der Waals surface area (Å²) in [6, 6.07) is 4.51. The van der Waals surface area contributed by atoms with E-state index in [4.69, 9.17) is 11.5 Å². The van der Waals surface area contributed by atoms with Gasteiger partial charge in [0.25, 0.3) is 0 Å². The van der Waals surface area contributed by atoms with Crippen LogP contribution in [0.15, 0.2) is 24.5 Å². The second-order valence-corrected chi connectivity index (χ2v) is 6.02. The standard InChI is InChI=1S/C15H17F3N4/c16-15(17,18)6-9-1-2-12-11(5-9)13(22-8-21-12)14(20)4-3-10(19)7-14/h1-2,5,8,10H,3-4,6-7,19-20H2. The van der Waals surface area contributed by atoms with Gasteiger partial charge in [-0.1, -0.05) is 6.07 Å². The maximum Gasteiger partial charge on any atom is 0.393 e. The van der Waals surface area contributed by atoms with E-state index >= 15 is 0 Å². The van der Waals surface area contributed by atoms with Gasteiger partial charge in [0.05, 0.1) is 23.2 Å². The minimum absolute atomic E-state index is 0.00614. The van der Waals surface area contributed by atoms with E-state index < -0.39 is 18.1 Å². The maximum atomic E-state index is 12.6. The number of alkyl halides is 3. The van der Waals surface area contributed by atoms with Crippen molar-refractivity contribution in [2.24, 2.45) is 11.5 Å². The van der Waals surface area contributed by atoms with Gasteiger partial charge in [0.1, 0.15) is 6.33 Å². The maximum absolute atomic E-state index is 12.6. The van der Waals surface area contributed by atoms with E-state index in [0.29, 0.717) is 29.4 Å². The van der Waals surface area contributed by atoms with Crippen molar-refractivity contribution >= 4 is 10.9 Å². The first kappa shape index (κ1) is 15.2. The summed E-state index contributed by atoms with van der Waals surface area (Å²) in [6.45, 7) is 0. The highest BCUT2D eigenvalue weighted by Crippen LogP contribution is 2.38. The molecule has 1 aliphatic carbocycles. The summed E-state index contributed by atoms with van der Waals surface area (Å²) in [5, 5.41) is 0.584. The molecule has 2 atom stereocenters. The quantitative estimate of drug-likeness (QED) is 0.893. The van der Waals surface area contributed by atoms with Crippen LogP contribution in [0.25, 0.3) is 10.9 Å². The molecule has 4 nitrogen and oxygen atoms in total. The Balaban J connectivity index is 2.08. The van der Waals surface area contributed by atoms with Gasteiger partial charge < -0.3 is 11.5 Å². The minimum Gasteiger partial charge on any atom is -0.328 e. The lowest BCUT2D eigenvalue weighted by molar-refractivity contribution is -0.127. The predicted molar refractivity (Wildman–Crippen MR) is 77.0 cm³/mol. The van der Waals surface area contributed by atoms with Crippen molar-refractivity contribution in [1.82, 2.24) is 9.97 Å². The third kappa shape index (κ3) is 2.91. The predicted octanol–water partition coefficient (Wildman–Crippen LogP) is 2.40. The molecule has 7 heteroatoms. The Hall–Kier alpha value is -1.73. The van der Waals surface area contributed by atoms with Crippen LogP contribution in [0, 0.1) is 0 Å². The third-order valence-corrected chi connectivity index (χ3v) is 4.16. The van der Waals surface area contributed by atoms with Gasteiger partial charge in [0, 0.05) is 11.4 Å². The number of nitrogens with zero attached hydrogens (tertiary/aromatic N) is 2. The molecule has 1 heterocycles. The normalized spacial score (nSPS) is 25.8. The van der Waals surface area contributed by atoms with E-state index in [1.54, 1.807) is 6.07 Å². The zero-order valence-corrected chi connectivity index (χ0v) is 11.9. The molecule has 4 N–H and O–H groups in total. The lowest BCUT2D eigenvalue weighted by Crippen LogP contribution is -2.36. The molecule has 0 bridgehead atoms. The fourth-order valence-corrected chi connectivity index (χ4v) is 3.17. The number of fused-ring (bicyclic) bond motifs is 1. The van der Waals surface area contributed by atoms with E-state index in [9.17, 15) is 13.2 Å². The Kier molecular flexibility index (Phi) is 3.57. The topological polar surface area (TPSA) is 77.8 Å². The average Bonchev–Trinajstić information content (AvgIpc) is 2.77. The minimum atomic E-state index is -4.25. The molecule has 1 aromatic carbocycles. The molecule has 1 aromatic heterocycles. The smallest absolute Gasteiger partial charge is 0.328 e. The second-order valence-electron chi connectivity index (χ2n) is 6.02. The molecule has 2 unspecified atom stereocenters. The van der Waals surface area contributed by atoms with Gasteiger partial charge in [0.2, 0.25) is 0 Å². The molecular weight excluding hydrogens is 293 g/mol. The van der Waals surface area contributed by atoms with E-state index in [1.807, 2.05) is 0 Å². The summed E-state index contributed by atoms with van der Waals surface area (Å²) in [7, 11) is 0. The highest BCUT2D eigenvalue weighted by atomic mass is 19.4. The Labute approximate surface area is 125 Å². The van der Waals surface area contributed by atoms with Gasteiger partial charge in [-0.3, -0.25) is 0 Å². The first-order valence-electron chi connectivity index (χ1n) is 7.12. The zero-order valence-electron chi connectivity index (χ0n) is 11.9. The van der Waals surface area contributed by atoms with Crippen LogP contribution < -0.4 is 11.5 Å². The molecule has 3 rings (SSSR count). The molecule has 1 aliphatic rings. The van der Waals surface area contributed by atoms with E-state index in [1.165, 1.54) is 18.5 Å². The lowest BCUT2D eigenvalue weighted by Gasteiger charge is -2.24. The Bertz CT molecular complexity index is 701. The highest BCUT2D eigenvalue weighted by molar-refractivity contribution is 5.82. The number of benzene rings is 1. The van der Waals surface area contributed by atoms with E-state index in [-0.39, 0.29) is 11.6 Å². The summed E-state index contributed by atoms with van der Waals surface area (Å²) in [6.07, 6.45) is -1.80. The molecule has 0 aliphatic heterocycles. The van der Waals surface area contributed by atoms with Crippen molar-refractivity contribution in [2.75, 3.05) is 0 Å². The third-order valence-electron chi connectivity index (χ3n) is 4.16. The summed E-state index contributed by atoms with van der Waals surface area (Å²) in [5.41, 5.74) is 13.0. The second kappa shape index (κ2) is 5.17. The Morgan fingerprint density at radius 2 is 2.05 bits per heavy atom. The van der Waals surface area contributed by atoms with Gasteiger partial charge in [-0.2, -0.15) is 13.2 Å². The molecule has 118 valence electrons.